The zero-order valence-electron chi connectivity index (χ0n) is 11.0. The molecule has 2 rings (SSSR count). The third-order valence-corrected chi connectivity index (χ3v) is 3.69. The molecule has 2 unspecified atom stereocenters. The summed E-state index contributed by atoms with van der Waals surface area (Å²) in [5.41, 5.74) is -0.420. The number of aromatic nitrogens is 2. The van der Waals surface area contributed by atoms with Gasteiger partial charge in [0.15, 0.2) is 0 Å². The molecular formula is C13H19N3O3. The van der Waals surface area contributed by atoms with Gasteiger partial charge in [-0.2, -0.15) is 5.10 Å². The molecule has 1 aromatic heterocycles. The van der Waals surface area contributed by atoms with Crippen LogP contribution in [0.5, 0.6) is 0 Å². The molecule has 1 aliphatic carbocycles. The fraction of sp³-hybridized carbons (Fsp3) is 0.615. The average Bonchev–Trinajstić information content (AvgIpc) is 2.81. The van der Waals surface area contributed by atoms with E-state index >= 15 is 0 Å². The summed E-state index contributed by atoms with van der Waals surface area (Å²) in [5.74, 6) is -0.893. The number of hydrogen-bond donors (Lipinski definition) is 3. The molecule has 1 aromatic rings. The Morgan fingerprint density at radius 1 is 1.63 bits per heavy atom. The number of carbonyl (C=O) groups is 2. The molecule has 6 heteroatoms. The van der Waals surface area contributed by atoms with E-state index in [1.165, 1.54) is 0 Å². The van der Waals surface area contributed by atoms with E-state index in [9.17, 15) is 14.7 Å². The SMILES string of the molecule is CC1CCCC(NC(=O)Cc2ccn[nH]2)(C(=O)O)C1. The third-order valence-electron chi connectivity index (χ3n) is 3.69. The lowest BCUT2D eigenvalue weighted by atomic mass is 9.76. The van der Waals surface area contributed by atoms with Gasteiger partial charge in [0.05, 0.1) is 6.42 Å². The summed E-state index contributed by atoms with van der Waals surface area (Å²) < 4.78 is 0. The topological polar surface area (TPSA) is 95.1 Å². The van der Waals surface area contributed by atoms with Crippen molar-refractivity contribution in [2.75, 3.05) is 0 Å². The van der Waals surface area contributed by atoms with Crippen LogP contribution in [-0.2, 0) is 16.0 Å². The molecule has 0 radical (unpaired) electrons. The van der Waals surface area contributed by atoms with E-state index in [0.29, 0.717) is 24.5 Å². The molecule has 1 aliphatic rings. The van der Waals surface area contributed by atoms with Gasteiger partial charge in [0.2, 0.25) is 5.91 Å². The summed E-state index contributed by atoms with van der Waals surface area (Å²) in [6.07, 6.45) is 4.55. The molecular weight excluding hydrogens is 246 g/mol. The molecule has 1 fully saturated rings. The lowest BCUT2D eigenvalue weighted by Gasteiger charge is -2.37. The minimum absolute atomic E-state index is 0.128. The summed E-state index contributed by atoms with van der Waals surface area (Å²) in [5, 5.41) is 18.6. The highest BCUT2D eigenvalue weighted by atomic mass is 16.4. The first-order chi connectivity index (χ1) is 9.02. The Morgan fingerprint density at radius 2 is 2.42 bits per heavy atom. The maximum absolute atomic E-state index is 12.0. The molecule has 0 aromatic carbocycles. The van der Waals surface area contributed by atoms with Crippen LogP contribution in [0.15, 0.2) is 12.3 Å². The van der Waals surface area contributed by atoms with Crippen LogP contribution in [0.1, 0.15) is 38.3 Å². The minimum atomic E-state index is -1.10. The number of rotatable bonds is 4. The molecule has 0 saturated heterocycles. The molecule has 6 nitrogen and oxygen atoms in total. The highest BCUT2D eigenvalue weighted by Gasteiger charge is 2.43. The minimum Gasteiger partial charge on any atom is -0.480 e. The van der Waals surface area contributed by atoms with E-state index in [1.807, 2.05) is 6.92 Å². The summed E-state index contributed by atoms with van der Waals surface area (Å²) in [6, 6.07) is 1.70. The van der Waals surface area contributed by atoms with Crippen molar-refractivity contribution in [3.05, 3.63) is 18.0 Å². The molecule has 0 spiro atoms. The number of carboxylic acid groups (broad SMARTS) is 1. The van der Waals surface area contributed by atoms with Gasteiger partial charge < -0.3 is 10.4 Å². The monoisotopic (exact) mass is 265 g/mol. The maximum Gasteiger partial charge on any atom is 0.329 e. The van der Waals surface area contributed by atoms with Crippen molar-refractivity contribution in [1.29, 1.82) is 0 Å². The van der Waals surface area contributed by atoms with E-state index in [-0.39, 0.29) is 12.3 Å². The average molecular weight is 265 g/mol. The highest BCUT2D eigenvalue weighted by Crippen LogP contribution is 2.32. The number of carboxylic acids is 1. The fourth-order valence-electron chi connectivity index (χ4n) is 2.78. The summed E-state index contributed by atoms with van der Waals surface area (Å²) in [4.78, 5) is 23.5. The Kier molecular flexibility index (Phi) is 3.87. The van der Waals surface area contributed by atoms with Crippen LogP contribution in [0, 0.1) is 5.92 Å². The molecule has 2 atom stereocenters. The second-order valence-corrected chi connectivity index (χ2v) is 5.40. The van der Waals surface area contributed by atoms with Crippen LogP contribution >= 0.6 is 0 Å². The quantitative estimate of drug-likeness (QED) is 0.759. The lowest BCUT2D eigenvalue weighted by Crippen LogP contribution is -2.57. The Balaban J connectivity index is 2.04. The van der Waals surface area contributed by atoms with Crippen LogP contribution < -0.4 is 5.32 Å². The first-order valence-corrected chi connectivity index (χ1v) is 6.54. The molecule has 3 N–H and O–H groups in total. The van der Waals surface area contributed by atoms with Gasteiger partial charge in [0.1, 0.15) is 5.54 Å². The Bertz CT molecular complexity index is 458. The Labute approximate surface area is 111 Å². The van der Waals surface area contributed by atoms with E-state index < -0.39 is 11.5 Å². The van der Waals surface area contributed by atoms with Crippen LogP contribution in [-0.4, -0.2) is 32.7 Å². The van der Waals surface area contributed by atoms with Gasteiger partial charge in [-0.3, -0.25) is 9.89 Å². The maximum atomic E-state index is 12.0. The highest BCUT2D eigenvalue weighted by molar-refractivity contribution is 5.87. The van der Waals surface area contributed by atoms with Gasteiger partial charge in [0.25, 0.3) is 0 Å². The smallest absolute Gasteiger partial charge is 0.329 e. The molecule has 0 aliphatic heterocycles. The van der Waals surface area contributed by atoms with Crippen molar-refractivity contribution >= 4 is 11.9 Å². The van der Waals surface area contributed by atoms with Gasteiger partial charge in [-0.15, -0.1) is 0 Å². The lowest BCUT2D eigenvalue weighted by molar-refractivity contribution is -0.150. The van der Waals surface area contributed by atoms with Crippen molar-refractivity contribution in [3.8, 4) is 0 Å². The van der Waals surface area contributed by atoms with Gasteiger partial charge in [-0.25, -0.2) is 4.79 Å². The molecule has 0 bridgehead atoms. The molecule has 1 saturated carbocycles. The van der Waals surface area contributed by atoms with Crippen molar-refractivity contribution in [1.82, 2.24) is 15.5 Å². The number of nitrogens with zero attached hydrogens (tertiary/aromatic N) is 1. The van der Waals surface area contributed by atoms with Crippen molar-refractivity contribution < 1.29 is 14.7 Å². The normalized spacial score (nSPS) is 26.9. The van der Waals surface area contributed by atoms with Gasteiger partial charge >= 0.3 is 5.97 Å². The van der Waals surface area contributed by atoms with E-state index in [2.05, 4.69) is 15.5 Å². The molecule has 19 heavy (non-hydrogen) atoms. The van der Waals surface area contributed by atoms with Crippen LogP contribution in [0.25, 0.3) is 0 Å². The number of nitrogens with one attached hydrogen (secondary N) is 2. The first kappa shape index (κ1) is 13.6. The first-order valence-electron chi connectivity index (χ1n) is 6.54. The second kappa shape index (κ2) is 5.42. The summed E-state index contributed by atoms with van der Waals surface area (Å²) in [6.45, 7) is 2.03. The summed E-state index contributed by atoms with van der Waals surface area (Å²) in [7, 11) is 0. The standard InChI is InChI=1S/C13H19N3O3/c1-9-3-2-5-13(8-9,12(18)19)15-11(17)7-10-4-6-14-16-10/h4,6,9H,2-3,5,7-8H2,1H3,(H,14,16)(H,15,17)(H,18,19). The van der Waals surface area contributed by atoms with E-state index in [0.717, 1.165) is 12.8 Å². The number of hydrogen-bond acceptors (Lipinski definition) is 3. The Hall–Kier alpha value is -1.85. The van der Waals surface area contributed by atoms with Gasteiger partial charge in [0, 0.05) is 11.9 Å². The van der Waals surface area contributed by atoms with Gasteiger partial charge in [-0.1, -0.05) is 19.8 Å². The molecule has 1 heterocycles. The zero-order valence-corrected chi connectivity index (χ0v) is 11.0. The predicted octanol–water partition coefficient (Wildman–Crippen LogP) is 1.10. The molecule has 104 valence electrons. The molecule has 1 amide bonds. The largest absolute Gasteiger partial charge is 0.480 e. The van der Waals surface area contributed by atoms with Crippen LogP contribution in [0.2, 0.25) is 0 Å². The van der Waals surface area contributed by atoms with Crippen molar-refractivity contribution in [3.63, 3.8) is 0 Å². The number of aromatic amines is 1. The van der Waals surface area contributed by atoms with Crippen LogP contribution in [0.4, 0.5) is 0 Å². The number of amides is 1. The number of aliphatic carboxylic acids is 1. The number of H-pyrrole nitrogens is 1. The predicted molar refractivity (Wildman–Crippen MR) is 68.4 cm³/mol. The van der Waals surface area contributed by atoms with E-state index in [4.69, 9.17) is 0 Å². The Morgan fingerprint density at radius 3 is 3.00 bits per heavy atom. The van der Waals surface area contributed by atoms with Crippen molar-refractivity contribution in [2.45, 2.75) is 44.6 Å². The second-order valence-electron chi connectivity index (χ2n) is 5.40. The van der Waals surface area contributed by atoms with Gasteiger partial charge in [-0.05, 0) is 24.8 Å². The number of carbonyl (C=O) groups excluding carboxylic acids is 1. The van der Waals surface area contributed by atoms with Crippen LogP contribution in [0.3, 0.4) is 0 Å². The third kappa shape index (κ3) is 3.13. The summed E-state index contributed by atoms with van der Waals surface area (Å²) >= 11 is 0. The van der Waals surface area contributed by atoms with Crippen molar-refractivity contribution in [2.24, 2.45) is 5.92 Å². The van der Waals surface area contributed by atoms with E-state index in [1.54, 1.807) is 12.3 Å². The zero-order chi connectivity index (χ0) is 13.9. The fourth-order valence-corrected chi connectivity index (χ4v) is 2.78.